The Morgan fingerprint density at radius 2 is 2.03 bits per heavy atom. The Bertz CT molecular complexity index is 812. The van der Waals surface area contributed by atoms with Crippen LogP contribution in [0.2, 0.25) is 0 Å². The predicted molar refractivity (Wildman–Crippen MR) is 122 cm³/mol. The number of aryl methyl sites for hydroxylation is 2. The van der Waals surface area contributed by atoms with Crippen LogP contribution in [0.5, 0.6) is 0 Å². The number of hydrogen-bond donors (Lipinski definition) is 1. The summed E-state index contributed by atoms with van der Waals surface area (Å²) in [5, 5.41) is 12.4. The molecule has 1 atom stereocenters. The molecule has 0 bridgehead atoms. The van der Waals surface area contributed by atoms with Crippen molar-refractivity contribution in [3.63, 3.8) is 0 Å². The van der Waals surface area contributed by atoms with E-state index in [1.54, 1.807) is 0 Å². The van der Waals surface area contributed by atoms with Crippen molar-refractivity contribution in [2.24, 2.45) is 10.9 Å². The summed E-state index contributed by atoms with van der Waals surface area (Å²) in [7, 11) is 0. The van der Waals surface area contributed by atoms with Gasteiger partial charge in [0.1, 0.15) is 11.6 Å². The lowest BCUT2D eigenvalue weighted by molar-refractivity contribution is 0.459. The SMILES string of the molecule is CCNC(=NCCCc1nnc2n1CCCCC2)N1CCC(Cc2ccccc2)C1. The van der Waals surface area contributed by atoms with Crippen molar-refractivity contribution in [3.8, 4) is 0 Å². The summed E-state index contributed by atoms with van der Waals surface area (Å²) in [5.41, 5.74) is 1.44. The second-order valence-electron chi connectivity index (χ2n) is 8.62. The number of aromatic nitrogens is 3. The Kier molecular flexibility index (Phi) is 7.38. The quantitative estimate of drug-likeness (QED) is 0.433. The van der Waals surface area contributed by atoms with E-state index in [-0.39, 0.29) is 0 Å². The Balaban J connectivity index is 1.28. The van der Waals surface area contributed by atoms with Crippen molar-refractivity contribution in [3.05, 3.63) is 47.5 Å². The average Bonchev–Trinajstić information content (AvgIpc) is 3.31. The first-order chi connectivity index (χ1) is 14.8. The van der Waals surface area contributed by atoms with Crippen molar-refractivity contribution in [2.75, 3.05) is 26.2 Å². The lowest BCUT2D eigenvalue weighted by atomic mass is 9.99. The molecule has 1 saturated heterocycles. The summed E-state index contributed by atoms with van der Waals surface area (Å²) in [6.07, 6.45) is 9.27. The molecule has 4 rings (SSSR count). The maximum absolute atomic E-state index is 4.94. The smallest absolute Gasteiger partial charge is 0.193 e. The van der Waals surface area contributed by atoms with Crippen molar-refractivity contribution in [1.29, 1.82) is 0 Å². The second-order valence-corrected chi connectivity index (χ2v) is 8.62. The van der Waals surface area contributed by atoms with Crippen LogP contribution in [0.3, 0.4) is 0 Å². The highest BCUT2D eigenvalue weighted by Crippen LogP contribution is 2.21. The maximum atomic E-state index is 4.94. The van der Waals surface area contributed by atoms with Gasteiger partial charge in [0, 0.05) is 45.6 Å². The molecule has 0 saturated carbocycles. The van der Waals surface area contributed by atoms with E-state index in [9.17, 15) is 0 Å². The molecule has 0 radical (unpaired) electrons. The monoisotopic (exact) mass is 408 g/mol. The summed E-state index contributed by atoms with van der Waals surface area (Å²) in [4.78, 5) is 7.39. The molecule has 2 aliphatic rings. The first kappa shape index (κ1) is 20.9. The van der Waals surface area contributed by atoms with Gasteiger partial charge in [-0.25, -0.2) is 0 Å². The van der Waals surface area contributed by atoms with Gasteiger partial charge in [-0.15, -0.1) is 10.2 Å². The van der Waals surface area contributed by atoms with Crippen LogP contribution in [0.15, 0.2) is 35.3 Å². The fourth-order valence-corrected chi connectivity index (χ4v) is 4.72. The van der Waals surface area contributed by atoms with E-state index in [1.807, 2.05) is 0 Å². The zero-order valence-corrected chi connectivity index (χ0v) is 18.4. The van der Waals surface area contributed by atoms with Gasteiger partial charge in [0.25, 0.3) is 0 Å². The van der Waals surface area contributed by atoms with Crippen LogP contribution in [0.1, 0.15) is 56.2 Å². The third-order valence-electron chi connectivity index (χ3n) is 6.29. The van der Waals surface area contributed by atoms with Crippen LogP contribution in [-0.2, 0) is 25.8 Å². The summed E-state index contributed by atoms with van der Waals surface area (Å²) in [6, 6.07) is 10.9. The molecular formula is C24H36N6. The highest BCUT2D eigenvalue weighted by atomic mass is 15.3. The highest BCUT2D eigenvalue weighted by molar-refractivity contribution is 5.80. The van der Waals surface area contributed by atoms with Crippen molar-refractivity contribution < 1.29 is 0 Å². The largest absolute Gasteiger partial charge is 0.357 e. The normalized spacial score (nSPS) is 19.6. The van der Waals surface area contributed by atoms with Gasteiger partial charge in [-0.1, -0.05) is 36.8 Å². The Labute approximate surface area is 180 Å². The van der Waals surface area contributed by atoms with E-state index in [2.05, 4.69) is 62.2 Å². The van der Waals surface area contributed by atoms with Crippen LogP contribution in [0.25, 0.3) is 0 Å². The molecule has 1 N–H and O–H groups in total. The molecule has 3 heterocycles. The Hall–Kier alpha value is -2.37. The van der Waals surface area contributed by atoms with E-state index in [0.29, 0.717) is 5.92 Å². The molecule has 0 aliphatic carbocycles. The summed E-state index contributed by atoms with van der Waals surface area (Å²) in [6.45, 7) is 7.18. The molecule has 1 unspecified atom stereocenters. The number of nitrogens with one attached hydrogen (secondary N) is 1. The van der Waals surface area contributed by atoms with Crippen LogP contribution >= 0.6 is 0 Å². The number of hydrogen-bond acceptors (Lipinski definition) is 3. The molecule has 2 aromatic rings. The lowest BCUT2D eigenvalue weighted by Gasteiger charge is -2.21. The number of likely N-dealkylation sites (tertiary alicyclic amines) is 1. The number of aliphatic imine (C=N–C) groups is 1. The molecule has 6 nitrogen and oxygen atoms in total. The summed E-state index contributed by atoms with van der Waals surface area (Å²) < 4.78 is 2.36. The van der Waals surface area contributed by atoms with Gasteiger partial charge in [0.05, 0.1) is 0 Å². The molecule has 1 aromatic carbocycles. The minimum atomic E-state index is 0.711. The Morgan fingerprint density at radius 1 is 1.13 bits per heavy atom. The lowest BCUT2D eigenvalue weighted by Crippen LogP contribution is -2.40. The topological polar surface area (TPSA) is 58.3 Å². The maximum Gasteiger partial charge on any atom is 0.193 e. The zero-order chi connectivity index (χ0) is 20.6. The number of benzene rings is 1. The number of fused-ring (bicyclic) bond motifs is 1. The molecule has 1 fully saturated rings. The minimum absolute atomic E-state index is 0.711. The fraction of sp³-hybridized carbons (Fsp3) is 0.625. The van der Waals surface area contributed by atoms with Crippen LogP contribution in [0, 0.1) is 5.92 Å². The fourth-order valence-electron chi connectivity index (χ4n) is 4.72. The molecule has 6 heteroatoms. The van der Waals surface area contributed by atoms with E-state index in [1.165, 1.54) is 37.1 Å². The summed E-state index contributed by atoms with van der Waals surface area (Å²) in [5.74, 6) is 4.12. The van der Waals surface area contributed by atoms with Crippen molar-refractivity contribution in [2.45, 2.75) is 64.8 Å². The van der Waals surface area contributed by atoms with Gasteiger partial charge in [-0.05, 0) is 50.5 Å². The zero-order valence-electron chi connectivity index (χ0n) is 18.4. The molecule has 30 heavy (non-hydrogen) atoms. The number of nitrogens with zero attached hydrogens (tertiary/aromatic N) is 5. The van der Waals surface area contributed by atoms with E-state index in [0.717, 1.165) is 70.2 Å². The van der Waals surface area contributed by atoms with Gasteiger partial charge in [0.15, 0.2) is 5.96 Å². The summed E-state index contributed by atoms with van der Waals surface area (Å²) >= 11 is 0. The Morgan fingerprint density at radius 3 is 2.90 bits per heavy atom. The second kappa shape index (κ2) is 10.6. The van der Waals surface area contributed by atoms with Crippen molar-refractivity contribution in [1.82, 2.24) is 25.0 Å². The number of rotatable bonds is 7. The van der Waals surface area contributed by atoms with Crippen LogP contribution < -0.4 is 5.32 Å². The molecule has 1 aromatic heterocycles. The molecule has 162 valence electrons. The number of guanidine groups is 1. The third-order valence-corrected chi connectivity index (χ3v) is 6.29. The van der Waals surface area contributed by atoms with Crippen LogP contribution in [0.4, 0.5) is 0 Å². The highest BCUT2D eigenvalue weighted by Gasteiger charge is 2.25. The van der Waals surface area contributed by atoms with E-state index < -0.39 is 0 Å². The standard InChI is InChI=1S/C24H36N6/c1-2-25-24(29-17-14-21(19-29)18-20-10-5-3-6-11-20)26-15-9-13-23-28-27-22-12-7-4-8-16-30(22)23/h3,5-6,10-11,21H,2,4,7-9,12-19H2,1H3,(H,25,26). The van der Waals surface area contributed by atoms with E-state index >= 15 is 0 Å². The van der Waals surface area contributed by atoms with Gasteiger partial charge < -0.3 is 14.8 Å². The van der Waals surface area contributed by atoms with Gasteiger partial charge in [0.2, 0.25) is 0 Å². The molecule has 0 spiro atoms. The first-order valence-electron chi connectivity index (χ1n) is 11.8. The first-order valence-corrected chi connectivity index (χ1v) is 11.8. The average molecular weight is 409 g/mol. The minimum Gasteiger partial charge on any atom is -0.357 e. The van der Waals surface area contributed by atoms with Crippen molar-refractivity contribution >= 4 is 5.96 Å². The third kappa shape index (κ3) is 5.41. The van der Waals surface area contributed by atoms with E-state index in [4.69, 9.17) is 4.99 Å². The molecular weight excluding hydrogens is 372 g/mol. The van der Waals surface area contributed by atoms with Gasteiger partial charge in [-0.3, -0.25) is 4.99 Å². The molecule has 2 aliphatic heterocycles. The van der Waals surface area contributed by atoms with Gasteiger partial charge in [-0.2, -0.15) is 0 Å². The molecule has 0 amide bonds. The predicted octanol–water partition coefficient (Wildman–Crippen LogP) is 3.47. The van der Waals surface area contributed by atoms with Crippen LogP contribution in [-0.4, -0.2) is 51.8 Å². The van der Waals surface area contributed by atoms with Gasteiger partial charge >= 0.3 is 0 Å².